The van der Waals surface area contributed by atoms with Crippen molar-refractivity contribution in [1.82, 2.24) is 20.1 Å². The number of carbonyl (C=O) groups excluding carboxylic acids is 1. The molecule has 1 aromatic rings. The van der Waals surface area contributed by atoms with Gasteiger partial charge in [0.05, 0.1) is 12.1 Å². The molecule has 140 valence electrons. The zero-order valence-corrected chi connectivity index (χ0v) is 16.0. The molecule has 0 bridgehead atoms. The number of carbonyl (C=O) groups is 1. The Bertz CT molecular complexity index is 598. The fourth-order valence-electron chi connectivity index (χ4n) is 4.33. The minimum Gasteiger partial charge on any atom is -0.368 e. The highest BCUT2D eigenvalue weighted by atomic mass is 16.5. The van der Waals surface area contributed by atoms with Crippen molar-refractivity contribution in [3.05, 3.63) is 11.6 Å². The monoisotopic (exact) mass is 348 g/mol. The van der Waals surface area contributed by atoms with Crippen molar-refractivity contribution in [1.29, 1.82) is 0 Å². The Morgan fingerprint density at radius 3 is 2.88 bits per heavy atom. The highest BCUT2D eigenvalue weighted by Crippen LogP contribution is 2.35. The maximum Gasteiger partial charge on any atom is 0.246 e. The summed E-state index contributed by atoms with van der Waals surface area (Å²) < 4.78 is 8.17. The molecule has 6 heteroatoms. The minimum absolute atomic E-state index is 0.0661. The lowest BCUT2D eigenvalue weighted by Crippen LogP contribution is -2.38. The van der Waals surface area contributed by atoms with Crippen molar-refractivity contribution in [3.63, 3.8) is 0 Å². The molecule has 2 heterocycles. The summed E-state index contributed by atoms with van der Waals surface area (Å²) in [6, 6.07) is -0.137. The third-order valence-corrected chi connectivity index (χ3v) is 5.79. The van der Waals surface area contributed by atoms with E-state index < -0.39 is 0 Å². The van der Waals surface area contributed by atoms with Crippen molar-refractivity contribution in [2.75, 3.05) is 6.61 Å². The van der Waals surface area contributed by atoms with Crippen LogP contribution < -0.4 is 5.32 Å². The van der Waals surface area contributed by atoms with Gasteiger partial charge in [-0.1, -0.05) is 27.2 Å². The standard InChI is InChI=1S/C19H32N4O2/c1-12(2)15-8-7-13(3)10-16(15)25-11-18(24)20-14(4)19-22-21-17-6-5-9-23(17)19/h12-16H,5-11H2,1-4H3,(H,20,24). The number of nitrogens with zero attached hydrogens (tertiary/aromatic N) is 3. The number of ether oxygens (including phenoxy) is 1. The van der Waals surface area contributed by atoms with Crippen molar-refractivity contribution in [2.24, 2.45) is 17.8 Å². The van der Waals surface area contributed by atoms with Crippen LogP contribution >= 0.6 is 0 Å². The summed E-state index contributed by atoms with van der Waals surface area (Å²) in [4.78, 5) is 12.4. The smallest absolute Gasteiger partial charge is 0.246 e. The van der Waals surface area contributed by atoms with E-state index in [0.29, 0.717) is 17.8 Å². The molecule has 6 nitrogen and oxygen atoms in total. The lowest BCUT2D eigenvalue weighted by molar-refractivity contribution is -0.132. The second-order valence-electron chi connectivity index (χ2n) is 8.19. The van der Waals surface area contributed by atoms with Crippen molar-refractivity contribution >= 4 is 5.91 Å². The van der Waals surface area contributed by atoms with E-state index in [1.165, 1.54) is 12.8 Å². The molecular weight excluding hydrogens is 316 g/mol. The largest absolute Gasteiger partial charge is 0.368 e. The van der Waals surface area contributed by atoms with E-state index >= 15 is 0 Å². The van der Waals surface area contributed by atoms with Gasteiger partial charge in [0.25, 0.3) is 0 Å². The minimum atomic E-state index is -0.137. The Morgan fingerprint density at radius 1 is 1.32 bits per heavy atom. The van der Waals surface area contributed by atoms with Crippen LogP contribution in [0, 0.1) is 17.8 Å². The predicted molar refractivity (Wildman–Crippen MR) is 96.0 cm³/mol. The van der Waals surface area contributed by atoms with Crippen LogP contribution in [0.15, 0.2) is 0 Å². The second kappa shape index (κ2) is 7.85. The molecule has 1 saturated carbocycles. The quantitative estimate of drug-likeness (QED) is 0.858. The number of amides is 1. The van der Waals surface area contributed by atoms with Crippen LogP contribution in [0.2, 0.25) is 0 Å². The molecule has 1 N–H and O–H groups in total. The lowest BCUT2D eigenvalue weighted by atomic mass is 9.75. The third-order valence-electron chi connectivity index (χ3n) is 5.79. The van der Waals surface area contributed by atoms with Crippen molar-refractivity contribution in [3.8, 4) is 0 Å². The molecule has 1 aliphatic carbocycles. The first-order valence-corrected chi connectivity index (χ1v) is 9.78. The topological polar surface area (TPSA) is 69.0 Å². The predicted octanol–water partition coefficient (Wildman–Crippen LogP) is 2.88. The van der Waals surface area contributed by atoms with Gasteiger partial charge in [0.15, 0.2) is 5.82 Å². The average molecular weight is 348 g/mol. The Labute approximate surface area is 150 Å². The van der Waals surface area contributed by atoms with Crippen LogP contribution in [-0.2, 0) is 22.5 Å². The summed E-state index contributed by atoms with van der Waals surface area (Å²) >= 11 is 0. The molecular formula is C19H32N4O2. The van der Waals surface area contributed by atoms with Gasteiger partial charge in [-0.3, -0.25) is 4.79 Å². The van der Waals surface area contributed by atoms with E-state index in [1.54, 1.807) is 0 Å². The first kappa shape index (κ1) is 18.4. The molecule has 1 amide bonds. The summed E-state index contributed by atoms with van der Waals surface area (Å²) in [7, 11) is 0. The Kier molecular flexibility index (Phi) is 5.77. The fraction of sp³-hybridized carbons (Fsp3) is 0.842. The summed E-state index contributed by atoms with van der Waals surface area (Å²) in [6.07, 6.45) is 5.81. The summed E-state index contributed by atoms with van der Waals surface area (Å²) in [5.41, 5.74) is 0. The molecule has 0 aromatic carbocycles. The number of aryl methyl sites for hydroxylation is 1. The van der Waals surface area contributed by atoms with Gasteiger partial charge in [0.1, 0.15) is 12.4 Å². The van der Waals surface area contributed by atoms with E-state index in [1.807, 2.05) is 6.92 Å². The van der Waals surface area contributed by atoms with Gasteiger partial charge in [0, 0.05) is 13.0 Å². The van der Waals surface area contributed by atoms with Gasteiger partial charge in [-0.15, -0.1) is 10.2 Å². The molecule has 1 aliphatic heterocycles. The van der Waals surface area contributed by atoms with E-state index in [-0.39, 0.29) is 24.7 Å². The summed E-state index contributed by atoms with van der Waals surface area (Å²) in [5, 5.41) is 11.5. The molecule has 4 atom stereocenters. The Hall–Kier alpha value is -1.43. The molecule has 25 heavy (non-hydrogen) atoms. The average Bonchev–Trinajstić information content (AvgIpc) is 3.15. The summed E-state index contributed by atoms with van der Waals surface area (Å²) in [5.74, 6) is 3.65. The Morgan fingerprint density at radius 2 is 2.12 bits per heavy atom. The van der Waals surface area contributed by atoms with E-state index in [9.17, 15) is 4.79 Å². The van der Waals surface area contributed by atoms with Gasteiger partial charge in [-0.25, -0.2) is 0 Å². The van der Waals surface area contributed by atoms with Crippen LogP contribution in [0.3, 0.4) is 0 Å². The van der Waals surface area contributed by atoms with Gasteiger partial charge < -0.3 is 14.6 Å². The van der Waals surface area contributed by atoms with E-state index in [4.69, 9.17) is 4.74 Å². The molecule has 2 aliphatic rings. The maximum atomic E-state index is 12.4. The lowest BCUT2D eigenvalue weighted by Gasteiger charge is -2.37. The number of nitrogens with one attached hydrogen (secondary N) is 1. The first-order valence-electron chi connectivity index (χ1n) is 9.78. The number of rotatable bonds is 6. The number of aromatic nitrogens is 3. The number of hydrogen-bond acceptors (Lipinski definition) is 4. The highest BCUT2D eigenvalue weighted by molar-refractivity contribution is 5.77. The normalized spacial score (nSPS) is 27.3. The van der Waals surface area contributed by atoms with Gasteiger partial charge in [-0.05, 0) is 43.9 Å². The number of fused-ring (bicyclic) bond motifs is 1. The number of hydrogen-bond donors (Lipinski definition) is 1. The van der Waals surface area contributed by atoms with Crippen molar-refractivity contribution < 1.29 is 9.53 Å². The van der Waals surface area contributed by atoms with E-state index in [0.717, 1.165) is 37.5 Å². The molecule has 4 unspecified atom stereocenters. The van der Waals surface area contributed by atoms with Crippen LogP contribution in [0.4, 0.5) is 0 Å². The van der Waals surface area contributed by atoms with Gasteiger partial charge in [0.2, 0.25) is 5.91 Å². The SMILES string of the molecule is CC1CCC(C(C)C)C(OCC(=O)NC(C)c2nnc3n2CCC3)C1. The first-order chi connectivity index (χ1) is 12.0. The molecule has 0 radical (unpaired) electrons. The van der Waals surface area contributed by atoms with Crippen LogP contribution in [0.25, 0.3) is 0 Å². The highest BCUT2D eigenvalue weighted by Gasteiger charge is 2.32. The third kappa shape index (κ3) is 4.22. The van der Waals surface area contributed by atoms with Gasteiger partial charge in [-0.2, -0.15) is 0 Å². The molecule has 3 rings (SSSR count). The van der Waals surface area contributed by atoms with Crippen LogP contribution in [0.1, 0.15) is 71.1 Å². The van der Waals surface area contributed by atoms with Crippen molar-refractivity contribution in [2.45, 2.75) is 78.5 Å². The second-order valence-corrected chi connectivity index (χ2v) is 8.19. The zero-order valence-electron chi connectivity index (χ0n) is 16.0. The van der Waals surface area contributed by atoms with E-state index in [2.05, 4.69) is 40.9 Å². The summed E-state index contributed by atoms with van der Waals surface area (Å²) in [6.45, 7) is 9.83. The maximum absolute atomic E-state index is 12.4. The molecule has 1 aromatic heterocycles. The van der Waals surface area contributed by atoms with Gasteiger partial charge >= 0.3 is 0 Å². The molecule has 0 spiro atoms. The van der Waals surface area contributed by atoms with Crippen LogP contribution in [-0.4, -0.2) is 33.4 Å². The Balaban J connectivity index is 1.51. The van der Waals surface area contributed by atoms with Crippen LogP contribution in [0.5, 0.6) is 0 Å². The molecule has 0 saturated heterocycles. The zero-order chi connectivity index (χ0) is 18.0. The fourth-order valence-corrected chi connectivity index (χ4v) is 4.33. The molecule has 1 fully saturated rings.